The number of halogens is 1. The van der Waals surface area contributed by atoms with E-state index in [1.165, 1.54) is 32.8 Å². The van der Waals surface area contributed by atoms with Crippen LogP contribution in [0.15, 0.2) is 47.8 Å². The van der Waals surface area contributed by atoms with Crippen molar-refractivity contribution in [3.05, 3.63) is 54.2 Å². The van der Waals surface area contributed by atoms with Crippen molar-refractivity contribution in [1.29, 1.82) is 0 Å². The second kappa shape index (κ2) is 7.88. The maximum Gasteiger partial charge on any atom is 0.269 e. The average Bonchev–Trinajstić information content (AvgIpc) is 3.42. The Morgan fingerprint density at radius 1 is 1.20 bits per heavy atom. The standard InChI is InChI=1S/C18H16FN5O4S2/c1-27-13-4-3-11(16(6-13)28-2)9-24(18-20-10-22-29-18)30(25,26)17-5-12-8-21-23-15(12)7-14(17)19/h3-8,10H,9H2,1-2H3,(H,21,23). The zero-order valence-corrected chi connectivity index (χ0v) is 17.5. The molecular weight excluding hydrogens is 433 g/mol. The van der Waals surface area contributed by atoms with E-state index in [1.807, 2.05) is 0 Å². The lowest BCUT2D eigenvalue weighted by atomic mass is 10.2. The van der Waals surface area contributed by atoms with E-state index in [1.54, 1.807) is 18.2 Å². The number of hydrogen-bond acceptors (Lipinski definition) is 8. The molecule has 4 aromatic rings. The minimum Gasteiger partial charge on any atom is -0.497 e. The summed E-state index contributed by atoms with van der Waals surface area (Å²) >= 11 is 0.883. The molecule has 2 heterocycles. The fraction of sp³-hybridized carbons (Fsp3) is 0.167. The molecule has 0 saturated heterocycles. The molecule has 0 radical (unpaired) electrons. The van der Waals surface area contributed by atoms with Crippen molar-refractivity contribution in [2.75, 3.05) is 18.5 Å². The van der Waals surface area contributed by atoms with Gasteiger partial charge in [-0.25, -0.2) is 22.1 Å². The molecule has 12 heteroatoms. The van der Waals surface area contributed by atoms with Gasteiger partial charge in [-0.2, -0.15) is 9.47 Å². The fourth-order valence-corrected chi connectivity index (χ4v) is 5.14. The van der Waals surface area contributed by atoms with Gasteiger partial charge < -0.3 is 9.47 Å². The summed E-state index contributed by atoms with van der Waals surface area (Å²) in [6, 6.07) is 7.33. The SMILES string of the molecule is COc1ccc(CN(c2ncns2)S(=O)(=O)c2cc3cn[nH]c3cc2F)c(OC)c1. The molecule has 30 heavy (non-hydrogen) atoms. The van der Waals surface area contributed by atoms with E-state index >= 15 is 0 Å². The van der Waals surface area contributed by atoms with Crippen molar-refractivity contribution < 1.29 is 22.3 Å². The van der Waals surface area contributed by atoms with Gasteiger partial charge in [0.1, 0.15) is 28.5 Å². The van der Waals surface area contributed by atoms with Crippen molar-refractivity contribution in [2.45, 2.75) is 11.4 Å². The monoisotopic (exact) mass is 449 g/mol. The number of ether oxygens (including phenoxy) is 2. The summed E-state index contributed by atoms with van der Waals surface area (Å²) in [5.41, 5.74) is 0.938. The topological polar surface area (TPSA) is 110 Å². The maximum absolute atomic E-state index is 14.8. The molecule has 156 valence electrons. The molecule has 9 nitrogen and oxygen atoms in total. The van der Waals surface area contributed by atoms with Crippen LogP contribution in [-0.4, -0.2) is 42.2 Å². The van der Waals surface area contributed by atoms with Crippen molar-refractivity contribution in [1.82, 2.24) is 19.6 Å². The van der Waals surface area contributed by atoms with E-state index < -0.39 is 20.7 Å². The third kappa shape index (κ3) is 3.55. The number of anilines is 1. The number of nitrogens with one attached hydrogen (secondary N) is 1. The van der Waals surface area contributed by atoms with Gasteiger partial charge in [0.25, 0.3) is 10.0 Å². The molecule has 4 rings (SSSR count). The summed E-state index contributed by atoms with van der Waals surface area (Å²) < 4.78 is 57.1. The second-order valence-corrected chi connectivity index (χ2v) is 8.74. The number of aromatic amines is 1. The highest BCUT2D eigenvalue weighted by Crippen LogP contribution is 2.33. The number of rotatable bonds is 7. The van der Waals surface area contributed by atoms with Crippen LogP contribution in [0.4, 0.5) is 9.52 Å². The number of nitrogens with zero attached hydrogens (tertiary/aromatic N) is 4. The Balaban J connectivity index is 1.82. The fourth-order valence-electron chi connectivity index (χ4n) is 2.93. The first kappa shape index (κ1) is 20.0. The smallest absolute Gasteiger partial charge is 0.269 e. The zero-order valence-electron chi connectivity index (χ0n) is 15.9. The Hall–Kier alpha value is -3.25. The predicted molar refractivity (Wildman–Crippen MR) is 109 cm³/mol. The maximum atomic E-state index is 14.8. The number of aromatic nitrogens is 4. The summed E-state index contributed by atoms with van der Waals surface area (Å²) in [5, 5.41) is 7.00. The van der Waals surface area contributed by atoms with E-state index in [2.05, 4.69) is 19.6 Å². The van der Waals surface area contributed by atoms with Crippen LogP contribution in [0.2, 0.25) is 0 Å². The molecule has 0 saturated carbocycles. The van der Waals surface area contributed by atoms with Crippen molar-refractivity contribution >= 4 is 37.6 Å². The van der Waals surface area contributed by atoms with Crippen LogP contribution < -0.4 is 13.8 Å². The molecule has 0 bridgehead atoms. The lowest BCUT2D eigenvalue weighted by Gasteiger charge is -2.23. The first-order valence-electron chi connectivity index (χ1n) is 8.57. The Bertz CT molecular complexity index is 1290. The summed E-state index contributed by atoms with van der Waals surface area (Å²) in [5.74, 6) is 0.0742. The van der Waals surface area contributed by atoms with Gasteiger partial charge in [-0.05, 0) is 18.2 Å². The van der Waals surface area contributed by atoms with Gasteiger partial charge in [0.05, 0.1) is 32.5 Å². The van der Waals surface area contributed by atoms with E-state index in [9.17, 15) is 12.8 Å². The molecule has 0 aliphatic carbocycles. The van der Waals surface area contributed by atoms with Crippen LogP contribution in [0, 0.1) is 5.82 Å². The minimum atomic E-state index is -4.33. The van der Waals surface area contributed by atoms with Gasteiger partial charge in [-0.1, -0.05) is 0 Å². The highest BCUT2D eigenvalue weighted by Gasteiger charge is 2.31. The number of sulfonamides is 1. The molecular formula is C18H16FN5O4S2. The predicted octanol–water partition coefficient (Wildman–Crippen LogP) is 2.97. The van der Waals surface area contributed by atoms with Crippen LogP contribution >= 0.6 is 11.5 Å². The van der Waals surface area contributed by atoms with Crippen molar-refractivity contribution in [3.8, 4) is 11.5 Å². The molecule has 0 aliphatic rings. The second-order valence-electron chi connectivity index (χ2n) is 6.15. The van der Waals surface area contributed by atoms with Crippen molar-refractivity contribution in [3.63, 3.8) is 0 Å². The van der Waals surface area contributed by atoms with Gasteiger partial charge in [0, 0.05) is 34.6 Å². The molecule has 0 aliphatic heterocycles. The molecule has 0 fully saturated rings. The number of H-pyrrole nitrogens is 1. The van der Waals surface area contributed by atoms with Gasteiger partial charge in [-0.15, -0.1) is 0 Å². The first-order valence-corrected chi connectivity index (χ1v) is 10.8. The summed E-state index contributed by atoms with van der Waals surface area (Å²) in [6.45, 7) is -0.145. The van der Waals surface area contributed by atoms with E-state index in [4.69, 9.17) is 9.47 Å². The van der Waals surface area contributed by atoms with E-state index in [0.29, 0.717) is 28.0 Å². The van der Waals surface area contributed by atoms with Crippen LogP contribution in [0.5, 0.6) is 11.5 Å². The quantitative estimate of drug-likeness (QED) is 0.462. The highest BCUT2D eigenvalue weighted by molar-refractivity contribution is 7.93. The van der Waals surface area contributed by atoms with Gasteiger partial charge in [-0.3, -0.25) is 5.10 Å². The average molecular weight is 449 g/mol. The highest BCUT2D eigenvalue weighted by atomic mass is 32.2. The van der Waals surface area contributed by atoms with Gasteiger partial charge >= 0.3 is 0 Å². The summed E-state index contributed by atoms with van der Waals surface area (Å²) in [4.78, 5) is 3.54. The third-order valence-electron chi connectivity index (χ3n) is 4.43. The third-order valence-corrected chi connectivity index (χ3v) is 6.99. The van der Waals surface area contributed by atoms with Crippen molar-refractivity contribution in [2.24, 2.45) is 0 Å². The van der Waals surface area contributed by atoms with Crippen LogP contribution in [-0.2, 0) is 16.6 Å². The number of benzene rings is 2. The molecule has 2 aromatic carbocycles. The lowest BCUT2D eigenvalue weighted by Crippen LogP contribution is -2.31. The Morgan fingerprint density at radius 2 is 2.03 bits per heavy atom. The molecule has 0 unspecified atom stereocenters. The number of hydrogen-bond donors (Lipinski definition) is 1. The zero-order chi connectivity index (χ0) is 21.3. The molecule has 1 N–H and O–H groups in total. The number of fused-ring (bicyclic) bond motifs is 1. The Morgan fingerprint density at radius 3 is 2.73 bits per heavy atom. The molecule has 2 aromatic heterocycles. The van der Waals surface area contributed by atoms with Crippen LogP contribution in [0.3, 0.4) is 0 Å². The summed E-state index contributed by atoms with van der Waals surface area (Å²) in [7, 11) is -1.34. The number of methoxy groups -OCH3 is 2. The summed E-state index contributed by atoms with van der Waals surface area (Å²) in [6.07, 6.45) is 2.67. The molecule has 0 atom stereocenters. The molecule has 0 amide bonds. The molecule has 0 spiro atoms. The minimum absolute atomic E-state index is 0.0968. The van der Waals surface area contributed by atoms with E-state index in [-0.39, 0.29) is 11.7 Å². The van der Waals surface area contributed by atoms with Gasteiger partial charge in [0.15, 0.2) is 0 Å². The van der Waals surface area contributed by atoms with Gasteiger partial charge in [0.2, 0.25) is 5.13 Å². The van der Waals surface area contributed by atoms with Crippen LogP contribution in [0.25, 0.3) is 10.9 Å². The first-order chi connectivity index (χ1) is 14.4. The normalized spacial score (nSPS) is 11.6. The van der Waals surface area contributed by atoms with Crippen LogP contribution in [0.1, 0.15) is 5.56 Å². The Kier molecular flexibility index (Phi) is 5.26. The largest absolute Gasteiger partial charge is 0.497 e. The van der Waals surface area contributed by atoms with E-state index in [0.717, 1.165) is 21.9 Å². The lowest BCUT2D eigenvalue weighted by molar-refractivity contribution is 0.391. The Labute approximate surface area is 175 Å².